The molecule has 0 aromatic carbocycles. The molecule has 0 radical (unpaired) electrons. The first-order valence-electron chi connectivity index (χ1n) is 6.90. The van der Waals surface area contributed by atoms with Gasteiger partial charge < -0.3 is 4.90 Å². The number of carbonyl (C=O) groups is 1. The van der Waals surface area contributed by atoms with Crippen LogP contribution in [0.5, 0.6) is 0 Å². The predicted molar refractivity (Wildman–Crippen MR) is 73.6 cm³/mol. The van der Waals surface area contributed by atoms with E-state index in [1.807, 2.05) is 18.0 Å². The molecule has 1 rings (SSSR count). The van der Waals surface area contributed by atoms with Crippen LogP contribution in [0.3, 0.4) is 0 Å². The zero-order valence-corrected chi connectivity index (χ0v) is 12.2. The van der Waals surface area contributed by atoms with Gasteiger partial charge in [-0.2, -0.15) is 5.10 Å². The van der Waals surface area contributed by atoms with Crippen LogP contribution in [0.1, 0.15) is 57.8 Å². The average Bonchev–Trinajstić information content (AvgIpc) is 2.86. The third kappa shape index (κ3) is 3.12. The highest BCUT2D eigenvalue weighted by Gasteiger charge is 2.25. The first-order chi connectivity index (χ1) is 8.54. The fraction of sp³-hybridized carbons (Fsp3) is 0.714. The van der Waals surface area contributed by atoms with Gasteiger partial charge >= 0.3 is 0 Å². The molecule has 0 fully saturated rings. The Morgan fingerprint density at radius 2 is 1.83 bits per heavy atom. The lowest BCUT2D eigenvalue weighted by Gasteiger charge is -2.33. The minimum absolute atomic E-state index is 0.0957. The molecule has 0 saturated carbocycles. The van der Waals surface area contributed by atoms with Crippen molar-refractivity contribution in [2.24, 2.45) is 0 Å². The second kappa shape index (κ2) is 6.57. The summed E-state index contributed by atoms with van der Waals surface area (Å²) in [6.07, 6.45) is 5.44. The second-order valence-corrected chi connectivity index (χ2v) is 4.81. The van der Waals surface area contributed by atoms with Crippen LogP contribution in [0.25, 0.3) is 0 Å². The molecule has 0 spiro atoms. The van der Waals surface area contributed by atoms with Gasteiger partial charge in [-0.1, -0.05) is 13.8 Å². The van der Waals surface area contributed by atoms with Gasteiger partial charge in [0.2, 0.25) is 0 Å². The van der Waals surface area contributed by atoms with Crippen LogP contribution in [0, 0.1) is 0 Å². The van der Waals surface area contributed by atoms with Crippen LogP contribution < -0.4 is 0 Å². The van der Waals surface area contributed by atoms with E-state index in [1.54, 1.807) is 10.9 Å². The summed E-state index contributed by atoms with van der Waals surface area (Å²) in [6, 6.07) is 0.523. The maximum absolute atomic E-state index is 12.5. The SMILES string of the molecule is CCC(C)N(C(=O)c1cnn(CC)c1)C(C)CC. The molecule has 0 N–H and O–H groups in total. The molecule has 0 aliphatic heterocycles. The Kier molecular flexibility index (Phi) is 5.38. The van der Waals surface area contributed by atoms with Crippen molar-refractivity contribution in [3.8, 4) is 0 Å². The molecule has 1 heterocycles. The van der Waals surface area contributed by atoms with Crippen LogP contribution in [-0.4, -0.2) is 32.7 Å². The normalized spacial score (nSPS) is 14.3. The summed E-state index contributed by atoms with van der Waals surface area (Å²) in [4.78, 5) is 14.5. The smallest absolute Gasteiger partial charge is 0.257 e. The Hall–Kier alpha value is -1.32. The van der Waals surface area contributed by atoms with Gasteiger partial charge in [0, 0.05) is 24.8 Å². The van der Waals surface area contributed by atoms with Crippen molar-refractivity contribution in [2.75, 3.05) is 0 Å². The molecule has 102 valence electrons. The molecule has 1 aromatic rings. The Morgan fingerprint density at radius 1 is 1.28 bits per heavy atom. The number of aryl methyl sites for hydroxylation is 1. The van der Waals surface area contributed by atoms with E-state index in [2.05, 4.69) is 32.8 Å². The Balaban J connectivity index is 2.94. The fourth-order valence-corrected chi connectivity index (χ4v) is 2.02. The molecular formula is C14H25N3O. The average molecular weight is 251 g/mol. The Bertz CT molecular complexity index is 376. The molecule has 0 bridgehead atoms. The lowest BCUT2D eigenvalue weighted by atomic mass is 10.1. The van der Waals surface area contributed by atoms with Gasteiger partial charge in [-0.05, 0) is 33.6 Å². The molecule has 4 heteroatoms. The summed E-state index contributed by atoms with van der Waals surface area (Å²) < 4.78 is 1.79. The predicted octanol–water partition coefficient (Wildman–Crippen LogP) is 2.94. The van der Waals surface area contributed by atoms with Crippen LogP contribution in [0.15, 0.2) is 12.4 Å². The third-order valence-electron chi connectivity index (χ3n) is 3.57. The number of rotatable bonds is 6. The first kappa shape index (κ1) is 14.7. The molecule has 4 nitrogen and oxygen atoms in total. The zero-order valence-electron chi connectivity index (χ0n) is 12.2. The summed E-state index contributed by atoms with van der Waals surface area (Å²) in [5.74, 6) is 0.0957. The minimum Gasteiger partial charge on any atom is -0.333 e. The van der Waals surface area contributed by atoms with E-state index >= 15 is 0 Å². The Labute approximate surface area is 110 Å². The molecule has 2 unspecified atom stereocenters. The maximum Gasteiger partial charge on any atom is 0.257 e. The summed E-state index contributed by atoms with van der Waals surface area (Å²) in [6.45, 7) is 11.2. The van der Waals surface area contributed by atoms with Gasteiger partial charge in [-0.25, -0.2) is 0 Å². The summed E-state index contributed by atoms with van der Waals surface area (Å²) >= 11 is 0. The second-order valence-electron chi connectivity index (χ2n) is 4.81. The van der Waals surface area contributed by atoms with Gasteiger partial charge in [0.25, 0.3) is 5.91 Å². The monoisotopic (exact) mass is 251 g/mol. The van der Waals surface area contributed by atoms with Crippen molar-refractivity contribution in [1.29, 1.82) is 0 Å². The largest absolute Gasteiger partial charge is 0.333 e. The number of aromatic nitrogens is 2. The van der Waals surface area contributed by atoms with Crippen molar-refractivity contribution in [3.05, 3.63) is 18.0 Å². The third-order valence-corrected chi connectivity index (χ3v) is 3.57. The van der Waals surface area contributed by atoms with E-state index in [1.165, 1.54) is 0 Å². The lowest BCUT2D eigenvalue weighted by molar-refractivity contribution is 0.0598. The van der Waals surface area contributed by atoms with Crippen LogP contribution in [0.2, 0.25) is 0 Å². The molecular weight excluding hydrogens is 226 g/mol. The van der Waals surface area contributed by atoms with Gasteiger partial charge in [0.15, 0.2) is 0 Å². The molecule has 2 atom stereocenters. The molecule has 18 heavy (non-hydrogen) atoms. The number of hydrogen-bond donors (Lipinski definition) is 0. The molecule has 0 aliphatic carbocycles. The molecule has 1 amide bonds. The topological polar surface area (TPSA) is 38.1 Å². The number of amides is 1. The van der Waals surface area contributed by atoms with E-state index < -0.39 is 0 Å². The first-order valence-corrected chi connectivity index (χ1v) is 6.90. The van der Waals surface area contributed by atoms with Crippen molar-refractivity contribution < 1.29 is 4.79 Å². The zero-order chi connectivity index (χ0) is 13.7. The highest BCUT2D eigenvalue weighted by Crippen LogP contribution is 2.16. The van der Waals surface area contributed by atoms with Crippen molar-refractivity contribution >= 4 is 5.91 Å². The van der Waals surface area contributed by atoms with E-state index in [4.69, 9.17) is 0 Å². The summed E-state index contributed by atoms with van der Waals surface area (Å²) in [7, 11) is 0. The van der Waals surface area contributed by atoms with Gasteiger partial charge in [-0.15, -0.1) is 0 Å². The van der Waals surface area contributed by atoms with Gasteiger partial charge in [0.05, 0.1) is 11.8 Å². The van der Waals surface area contributed by atoms with Crippen LogP contribution in [-0.2, 0) is 6.54 Å². The summed E-state index contributed by atoms with van der Waals surface area (Å²) in [5, 5.41) is 4.18. The van der Waals surface area contributed by atoms with Crippen molar-refractivity contribution in [3.63, 3.8) is 0 Å². The highest BCUT2D eigenvalue weighted by molar-refractivity contribution is 5.94. The minimum atomic E-state index is 0.0957. The number of nitrogens with zero attached hydrogens (tertiary/aromatic N) is 3. The van der Waals surface area contributed by atoms with E-state index in [0.717, 1.165) is 19.4 Å². The standard InChI is InChI=1S/C14H25N3O/c1-6-11(4)17(12(5)7-2)14(18)13-9-15-16(8-3)10-13/h9-12H,6-8H2,1-5H3. The van der Waals surface area contributed by atoms with Gasteiger partial charge in [-0.3, -0.25) is 9.48 Å². The number of carbonyl (C=O) groups excluding carboxylic acids is 1. The van der Waals surface area contributed by atoms with Crippen LogP contribution in [0.4, 0.5) is 0 Å². The van der Waals surface area contributed by atoms with Crippen LogP contribution >= 0.6 is 0 Å². The fourth-order valence-electron chi connectivity index (χ4n) is 2.02. The van der Waals surface area contributed by atoms with Gasteiger partial charge in [0.1, 0.15) is 0 Å². The van der Waals surface area contributed by atoms with E-state index in [0.29, 0.717) is 5.56 Å². The molecule has 0 aliphatic rings. The molecule has 0 saturated heterocycles. The molecule has 1 aromatic heterocycles. The van der Waals surface area contributed by atoms with Crippen molar-refractivity contribution in [1.82, 2.24) is 14.7 Å². The maximum atomic E-state index is 12.5. The summed E-state index contributed by atoms with van der Waals surface area (Å²) in [5.41, 5.74) is 0.692. The van der Waals surface area contributed by atoms with E-state index in [9.17, 15) is 4.79 Å². The Morgan fingerprint density at radius 3 is 2.22 bits per heavy atom. The van der Waals surface area contributed by atoms with E-state index in [-0.39, 0.29) is 18.0 Å². The quantitative estimate of drug-likeness (QED) is 0.779. The highest BCUT2D eigenvalue weighted by atomic mass is 16.2. The number of hydrogen-bond acceptors (Lipinski definition) is 2. The lowest BCUT2D eigenvalue weighted by Crippen LogP contribution is -2.44. The van der Waals surface area contributed by atoms with Crippen molar-refractivity contribution in [2.45, 2.75) is 66.1 Å².